The summed E-state index contributed by atoms with van der Waals surface area (Å²) < 4.78 is 10.7. The average molecular weight is 290 g/mol. The van der Waals surface area contributed by atoms with Gasteiger partial charge in [0.2, 0.25) is 0 Å². The van der Waals surface area contributed by atoms with Crippen LogP contribution in [0.1, 0.15) is 39.7 Å². The van der Waals surface area contributed by atoms with Crippen molar-refractivity contribution in [3.8, 4) is 17.6 Å². The smallest absolute Gasteiger partial charge is 0.261 e. The molecule has 1 aromatic rings. The highest BCUT2D eigenvalue weighted by molar-refractivity contribution is 5.81. The fraction of sp³-hybridized carbons (Fsp3) is 0.500. The van der Waals surface area contributed by atoms with Crippen molar-refractivity contribution in [2.45, 2.75) is 45.8 Å². The number of hydrogen-bond donors (Lipinski definition) is 1. The van der Waals surface area contributed by atoms with Crippen molar-refractivity contribution in [3.05, 3.63) is 23.8 Å². The topological polar surface area (TPSA) is 71.3 Å². The van der Waals surface area contributed by atoms with E-state index in [2.05, 4.69) is 5.32 Å². The molecule has 0 saturated carbocycles. The zero-order chi connectivity index (χ0) is 16.0. The van der Waals surface area contributed by atoms with Crippen LogP contribution in [0.4, 0.5) is 0 Å². The second kappa shape index (κ2) is 6.98. The lowest BCUT2D eigenvalue weighted by molar-refractivity contribution is -0.128. The predicted octanol–water partition coefficient (Wildman–Crippen LogP) is 2.64. The number of nitrogens with zero attached hydrogens (tertiary/aromatic N) is 1. The highest BCUT2D eigenvalue weighted by atomic mass is 16.5. The molecule has 0 aliphatic carbocycles. The first-order valence-electron chi connectivity index (χ1n) is 6.89. The van der Waals surface area contributed by atoms with E-state index in [4.69, 9.17) is 14.7 Å². The fourth-order valence-corrected chi connectivity index (χ4v) is 1.60. The summed E-state index contributed by atoms with van der Waals surface area (Å²) in [5.74, 6) is 0.761. The van der Waals surface area contributed by atoms with Crippen LogP contribution < -0.4 is 14.8 Å². The number of carbonyl (C=O) groups excluding carboxylic acids is 1. The van der Waals surface area contributed by atoms with Crippen LogP contribution in [-0.2, 0) is 4.79 Å². The van der Waals surface area contributed by atoms with E-state index in [9.17, 15) is 4.79 Å². The first-order chi connectivity index (χ1) is 9.81. The van der Waals surface area contributed by atoms with Gasteiger partial charge in [0.05, 0.1) is 18.7 Å². The van der Waals surface area contributed by atoms with Crippen molar-refractivity contribution in [1.29, 1.82) is 5.26 Å². The van der Waals surface area contributed by atoms with Crippen LogP contribution in [0, 0.1) is 11.3 Å². The standard InChI is InChI=1S/C16H22N2O3/c1-6-16(3,4)18-15(19)11(2)21-14-8-12(10-17)7-13(9-14)20-5/h7-9,11H,6H2,1-5H3,(H,18,19). The van der Waals surface area contributed by atoms with Gasteiger partial charge in [0.25, 0.3) is 5.91 Å². The summed E-state index contributed by atoms with van der Waals surface area (Å²) in [6, 6.07) is 6.87. The van der Waals surface area contributed by atoms with Gasteiger partial charge in [0.1, 0.15) is 11.5 Å². The molecule has 1 amide bonds. The molecule has 5 nitrogen and oxygen atoms in total. The summed E-state index contributed by atoms with van der Waals surface area (Å²) in [5, 5.41) is 11.9. The van der Waals surface area contributed by atoms with Gasteiger partial charge in [-0.3, -0.25) is 4.79 Å². The van der Waals surface area contributed by atoms with E-state index in [1.807, 2.05) is 26.8 Å². The summed E-state index contributed by atoms with van der Waals surface area (Å²) in [7, 11) is 1.51. The van der Waals surface area contributed by atoms with Gasteiger partial charge in [-0.1, -0.05) is 6.92 Å². The second-order valence-corrected chi connectivity index (χ2v) is 5.50. The van der Waals surface area contributed by atoms with Crippen LogP contribution in [0.5, 0.6) is 11.5 Å². The number of nitrogens with one attached hydrogen (secondary N) is 1. The third-order valence-electron chi connectivity index (χ3n) is 3.27. The zero-order valence-electron chi connectivity index (χ0n) is 13.2. The summed E-state index contributed by atoms with van der Waals surface area (Å²) in [6.45, 7) is 7.59. The normalized spacial score (nSPS) is 12.2. The monoisotopic (exact) mass is 290 g/mol. The number of nitriles is 1. The number of amides is 1. The van der Waals surface area contributed by atoms with Crippen LogP contribution in [0.15, 0.2) is 18.2 Å². The van der Waals surface area contributed by atoms with Gasteiger partial charge in [-0.05, 0) is 39.3 Å². The molecule has 21 heavy (non-hydrogen) atoms. The lowest BCUT2D eigenvalue weighted by Gasteiger charge is -2.26. The Balaban J connectivity index is 2.81. The van der Waals surface area contributed by atoms with E-state index >= 15 is 0 Å². The van der Waals surface area contributed by atoms with Gasteiger partial charge in [-0.15, -0.1) is 0 Å². The van der Waals surface area contributed by atoms with E-state index < -0.39 is 6.10 Å². The molecule has 0 radical (unpaired) electrons. The largest absolute Gasteiger partial charge is 0.497 e. The lowest BCUT2D eigenvalue weighted by atomic mass is 10.0. The van der Waals surface area contributed by atoms with E-state index in [-0.39, 0.29) is 11.4 Å². The quantitative estimate of drug-likeness (QED) is 0.874. The molecule has 0 saturated heterocycles. The van der Waals surface area contributed by atoms with Crippen molar-refractivity contribution >= 4 is 5.91 Å². The van der Waals surface area contributed by atoms with Gasteiger partial charge in [0, 0.05) is 11.6 Å². The number of rotatable bonds is 6. The molecule has 5 heteroatoms. The molecular weight excluding hydrogens is 268 g/mol. The minimum absolute atomic E-state index is 0.192. The van der Waals surface area contributed by atoms with E-state index in [0.717, 1.165) is 6.42 Å². The molecule has 0 fully saturated rings. The van der Waals surface area contributed by atoms with E-state index in [1.54, 1.807) is 25.1 Å². The minimum atomic E-state index is -0.658. The molecule has 1 rings (SSSR count). The third-order valence-corrected chi connectivity index (χ3v) is 3.27. The number of methoxy groups -OCH3 is 1. The summed E-state index contributed by atoms with van der Waals surface area (Å²) >= 11 is 0. The molecule has 0 bridgehead atoms. The molecular formula is C16H22N2O3. The number of ether oxygens (including phenoxy) is 2. The minimum Gasteiger partial charge on any atom is -0.497 e. The van der Waals surface area contributed by atoms with Crippen molar-refractivity contribution < 1.29 is 14.3 Å². The Bertz CT molecular complexity index is 547. The first kappa shape index (κ1) is 16.8. The Morgan fingerprint density at radius 2 is 2.00 bits per heavy atom. The zero-order valence-corrected chi connectivity index (χ0v) is 13.2. The molecule has 1 N–H and O–H groups in total. The Hall–Kier alpha value is -2.22. The SMILES string of the molecule is CCC(C)(C)NC(=O)C(C)Oc1cc(C#N)cc(OC)c1. The van der Waals surface area contributed by atoms with Crippen LogP contribution in [-0.4, -0.2) is 24.7 Å². The summed E-state index contributed by atoms with van der Waals surface area (Å²) in [5.41, 5.74) is 0.145. The van der Waals surface area contributed by atoms with E-state index in [1.165, 1.54) is 7.11 Å². The second-order valence-electron chi connectivity index (χ2n) is 5.50. The molecule has 0 spiro atoms. The van der Waals surface area contributed by atoms with Crippen LogP contribution in [0.2, 0.25) is 0 Å². The van der Waals surface area contributed by atoms with Gasteiger partial charge in [-0.2, -0.15) is 5.26 Å². The molecule has 1 atom stereocenters. The molecule has 114 valence electrons. The fourth-order valence-electron chi connectivity index (χ4n) is 1.60. The summed E-state index contributed by atoms with van der Waals surface area (Å²) in [4.78, 5) is 12.1. The van der Waals surface area contributed by atoms with Crippen molar-refractivity contribution in [3.63, 3.8) is 0 Å². The van der Waals surface area contributed by atoms with Crippen LogP contribution in [0.25, 0.3) is 0 Å². The Labute approximate surface area is 125 Å². The molecule has 0 aliphatic heterocycles. The molecule has 0 heterocycles. The predicted molar refractivity (Wildman–Crippen MR) is 80.3 cm³/mol. The number of hydrogen-bond acceptors (Lipinski definition) is 4. The van der Waals surface area contributed by atoms with Gasteiger partial charge < -0.3 is 14.8 Å². The van der Waals surface area contributed by atoms with Gasteiger partial charge in [-0.25, -0.2) is 0 Å². The summed E-state index contributed by atoms with van der Waals surface area (Å²) in [6.07, 6.45) is 0.165. The molecule has 1 unspecified atom stereocenters. The van der Waals surface area contributed by atoms with Crippen molar-refractivity contribution in [2.75, 3.05) is 7.11 Å². The van der Waals surface area contributed by atoms with Crippen LogP contribution in [0.3, 0.4) is 0 Å². The lowest BCUT2D eigenvalue weighted by Crippen LogP contribution is -2.48. The molecule has 0 aliphatic rings. The van der Waals surface area contributed by atoms with Gasteiger partial charge in [0.15, 0.2) is 6.10 Å². The van der Waals surface area contributed by atoms with Gasteiger partial charge >= 0.3 is 0 Å². The van der Waals surface area contributed by atoms with E-state index in [0.29, 0.717) is 17.1 Å². The Morgan fingerprint density at radius 3 is 2.52 bits per heavy atom. The molecule has 1 aromatic carbocycles. The number of benzene rings is 1. The maximum absolute atomic E-state index is 12.1. The van der Waals surface area contributed by atoms with Crippen LogP contribution >= 0.6 is 0 Å². The highest BCUT2D eigenvalue weighted by Crippen LogP contribution is 2.23. The Kier molecular flexibility index (Phi) is 5.60. The van der Waals surface area contributed by atoms with Crippen molar-refractivity contribution in [1.82, 2.24) is 5.32 Å². The highest BCUT2D eigenvalue weighted by Gasteiger charge is 2.23. The third kappa shape index (κ3) is 4.99. The molecule has 0 aromatic heterocycles. The maximum Gasteiger partial charge on any atom is 0.261 e. The first-order valence-corrected chi connectivity index (χ1v) is 6.89. The maximum atomic E-state index is 12.1. The van der Waals surface area contributed by atoms with Crippen molar-refractivity contribution in [2.24, 2.45) is 0 Å². The average Bonchev–Trinajstić information content (AvgIpc) is 2.46. The number of carbonyl (C=O) groups is 1. The Morgan fingerprint density at radius 1 is 1.38 bits per heavy atom.